The molecule has 0 bridgehead atoms. The fourth-order valence-electron chi connectivity index (χ4n) is 0.206. The van der Waals surface area contributed by atoms with E-state index in [1.54, 1.807) is 11.8 Å². The monoisotopic (exact) mass is 148 g/mol. The van der Waals surface area contributed by atoms with Gasteiger partial charge in [-0.25, -0.2) is 0 Å². The molecule has 0 unspecified atom stereocenters. The van der Waals surface area contributed by atoms with Gasteiger partial charge >= 0.3 is 0 Å². The molecule has 3 heteroatoms. The number of nitrogens with zero attached hydrogens (tertiary/aromatic N) is 1. The lowest BCUT2D eigenvalue weighted by Crippen LogP contribution is -2.07. The summed E-state index contributed by atoms with van der Waals surface area (Å²) in [4.78, 5) is 1.91. The van der Waals surface area contributed by atoms with Gasteiger partial charge in [-0.2, -0.15) is 0 Å². The molecule has 0 amide bonds. The average molecular weight is 148 g/mol. The van der Waals surface area contributed by atoms with E-state index in [1.165, 1.54) is 0 Å². The van der Waals surface area contributed by atoms with E-state index in [2.05, 4.69) is 0 Å². The van der Waals surface area contributed by atoms with Crippen molar-refractivity contribution in [2.75, 3.05) is 20.4 Å². The molecule has 0 rings (SSSR count). The van der Waals surface area contributed by atoms with Gasteiger partial charge < -0.3 is 17.5 Å². The Kier molecular flexibility index (Phi) is 4.09. The van der Waals surface area contributed by atoms with Crippen LogP contribution >= 0.6 is 11.8 Å². The van der Waals surface area contributed by atoms with Crippen LogP contribution in [0.4, 0.5) is 0 Å². The predicted octanol–water partition coefficient (Wildman–Crippen LogP) is 1.26. The Morgan fingerprint density at radius 1 is 1.62 bits per heavy atom. The Labute approximate surface area is 60.5 Å². The van der Waals surface area contributed by atoms with Crippen molar-refractivity contribution < 1.29 is 0 Å². The zero-order valence-corrected chi connectivity index (χ0v) is 6.97. The Balaban J connectivity index is 3.61. The van der Waals surface area contributed by atoms with Gasteiger partial charge in [0.1, 0.15) is 0 Å². The van der Waals surface area contributed by atoms with Gasteiger partial charge in [0.05, 0.1) is 0 Å². The molecule has 0 saturated heterocycles. The first kappa shape index (κ1) is 8.11. The van der Waals surface area contributed by atoms with Gasteiger partial charge in [-0.1, -0.05) is 0 Å². The largest absolute Gasteiger partial charge is 0.762 e. The Morgan fingerprint density at radius 3 is 2.25 bits per heavy atom. The fraction of sp³-hybridized carbons (Fsp3) is 0.600. The Morgan fingerprint density at radius 2 is 2.12 bits per heavy atom. The van der Waals surface area contributed by atoms with Crippen molar-refractivity contribution in [2.45, 2.75) is 0 Å². The molecule has 0 heterocycles. The van der Waals surface area contributed by atoms with Crippen molar-refractivity contribution in [3.63, 3.8) is 0 Å². The molecule has 0 spiro atoms. The van der Waals surface area contributed by atoms with Crippen LogP contribution in [-0.4, -0.2) is 25.3 Å². The van der Waals surface area contributed by atoms with Crippen LogP contribution in [0.3, 0.4) is 0 Å². The van der Waals surface area contributed by atoms with Gasteiger partial charge in [0.2, 0.25) is 0 Å². The maximum Gasteiger partial charge on any atom is 0.00399 e. The van der Waals surface area contributed by atoms with Crippen LogP contribution in [-0.2, 0) is 12.6 Å². The van der Waals surface area contributed by atoms with Crippen molar-refractivity contribution in [2.24, 2.45) is 0 Å². The van der Waals surface area contributed by atoms with E-state index < -0.39 is 0 Å². The van der Waals surface area contributed by atoms with E-state index in [1.807, 2.05) is 30.7 Å². The highest BCUT2D eigenvalue weighted by atomic mass is 32.2. The van der Waals surface area contributed by atoms with Gasteiger partial charge in [0.15, 0.2) is 0 Å². The molecule has 0 aromatic rings. The second-order valence-corrected chi connectivity index (χ2v) is 2.71. The van der Waals surface area contributed by atoms with Gasteiger partial charge in [0, 0.05) is 14.1 Å². The Hall–Kier alpha value is 0.110. The summed E-state index contributed by atoms with van der Waals surface area (Å²) in [7, 11) is 3.88. The fourth-order valence-corrected chi connectivity index (χ4v) is 0.907. The predicted molar refractivity (Wildman–Crippen MR) is 42.7 cm³/mol. The second-order valence-electron chi connectivity index (χ2n) is 1.59. The number of thioether (sulfide) groups is 1. The summed E-state index contributed by atoms with van der Waals surface area (Å²) in [6, 6.07) is 0. The lowest BCUT2D eigenvalue weighted by atomic mass is 10.8. The average Bonchev–Trinajstić information content (AvgIpc) is 1.67. The molecule has 0 saturated carbocycles. The summed E-state index contributed by atoms with van der Waals surface area (Å²) < 4.78 is 0. The van der Waals surface area contributed by atoms with E-state index >= 15 is 0 Å². The maximum atomic E-state index is 4.93. The van der Waals surface area contributed by atoms with E-state index in [4.69, 9.17) is 12.6 Å². The summed E-state index contributed by atoms with van der Waals surface area (Å²) in [6.45, 7) is 0. The van der Waals surface area contributed by atoms with Crippen LogP contribution < -0.4 is 0 Å². The second kappa shape index (κ2) is 4.04. The number of hydrogen-bond acceptors (Lipinski definition) is 3. The molecule has 48 valence electrons. The lowest BCUT2D eigenvalue weighted by molar-refractivity contribution is 0.552. The molecule has 0 radical (unpaired) electrons. The van der Waals surface area contributed by atoms with Crippen molar-refractivity contribution in [1.29, 1.82) is 0 Å². The first-order valence-electron chi connectivity index (χ1n) is 2.25. The maximum absolute atomic E-state index is 4.93. The van der Waals surface area contributed by atoms with Crippen molar-refractivity contribution in [3.05, 3.63) is 10.4 Å². The van der Waals surface area contributed by atoms with Gasteiger partial charge in [-0.15, -0.1) is 16.8 Å². The van der Waals surface area contributed by atoms with Crippen LogP contribution in [0, 0.1) is 0 Å². The highest BCUT2D eigenvalue weighted by Crippen LogP contribution is 2.02. The third-order valence-corrected chi connectivity index (χ3v) is 1.75. The summed E-state index contributed by atoms with van der Waals surface area (Å²) in [5.41, 5.74) is 0. The van der Waals surface area contributed by atoms with E-state index in [0.29, 0.717) is 0 Å². The normalized spacial score (nSPS) is 11.6. The van der Waals surface area contributed by atoms with Crippen LogP contribution in [0.1, 0.15) is 0 Å². The molecule has 0 aromatic carbocycles. The minimum absolute atomic E-state index is 0.887. The van der Waals surface area contributed by atoms with Crippen LogP contribution in [0.15, 0.2) is 10.4 Å². The van der Waals surface area contributed by atoms with Crippen LogP contribution in [0.2, 0.25) is 0 Å². The van der Waals surface area contributed by atoms with Gasteiger partial charge in [-0.05, 0) is 11.7 Å². The van der Waals surface area contributed by atoms with E-state index in [-0.39, 0.29) is 0 Å². The van der Waals surface area contributed by atoms with Gasteiger partial charge in [-0.3, -0.25) is 0 Å². The summed E-state index contributed by atoms with van der Waals surface area (Å²) in [5.74, 6) is 0. The molecule has 0 aliphatic rings. The quantitative estimate of drug-likeness (QED) is 0.543. The molecule has 8 heavy (non-hydrogen) atoms. The molecule has 0 atom stereocenters. The minimum Gasteiger partial charge on any atom is -0.762 e. The molecule has 0 N–H and O–H groups in total. The first-order chi connectivity index (χ1) is 3.68. The SMILES string of the molecule is CS/C=C(/[S-])N(C)C. The molecular weight excluding hydrogens is 138 g/mol. The molecule has 0 aliphatic heterocycles. The lowest BCUT2D eigenvalue weighted by Gasteiger charge is -2.21. The van der Waals surface area contributed by atoms with Crippen molar-refractivity contribution >= 4 is 24.4 Å². The zero-order valence-electron chi connectivity index (χ0n) is 5.34. The number of hydrogen-bond donors (Lipinski definition) is 0. The molecular formula is C5H10NS2-. The summed E-state index contributed by atoms with van der Waals surface area (Å²) in [5, 5.41) is 2.83. The molecule has 0 fully saturated rings. The molecule has 0 aromatic heterocycles. The highest BCUT2D eigenvalue weighted by Gasteiger charge is 1.76. The topological polar surface area (TPSA) is 3.24 Å². The van der Waals surface area contributed by atoms with Crippen LogP contribution in [0.25, 0.3) is 0 Å². The zero-order chi connectivity index (χ0) is 6.57. The van der Waals surface area contributed by atoms with Gasteiger partial charge in [0.25, 0.3) is 0 Å². The first-order valence-corrected chi connectivity index (χ1v) is 3.95. The summed E-state index contributed by atoms with van der Waals surface area (Å²) in [6.07, 6.45) is 2.00. The standard InChI is InChI=1S/C5H11NS2/c1-6(2)5(7)4-8-3/h4,7H,1-3H3/p-1/b5-4+. The molecule has 1 nitrogen and oxygen atoms in total. The molecule has 0 aliphatic carbocycles. The third kappa shape index (κ3) is 3.16. The highest BCUT2D eigenvalue weighted by molar-refractivity contribution is 8.01. The third-order valence-electron chi connectivity index (χ3n) is 0.659. The van der Waals surface area contributed by atoms with Crippen molar-refractivity contribution in [3.8, 4) is 0 Å². The number of rotatable bonds is 2. The summed E-state index contributed by atoms with van der Waals surface area (Å²) >= 11 is 6.56. The van der Waals surface area contributed by atoms with E-state index in [9.17, 15) is 0 Å². The van der Waals surface area contributed by atoms with E-state index in [0.717, 1.165) is 5.03 Å². The Bertz CT molecular complexity index is 88.4. The van der Waals surface area contributed by atoms with Crippen molar-refractivity contribution in [1.82, 2.24) is 4.90 Å². The smallest absolute Gasteiger partial charge is 0.00399 e. The van der Waals surface area contributed by atoms with Crippen LogP contribution in [0.5, 0.6) is 0 Å². The minimum atomic E-state index is 0.887.